The van der Waals surface area contributed by atoms with E-state index < -0.39 is 27.9 Å². The van der Waals surface area contributed by atoms with Gasteiger partial charge in [-0.25, -0.2) is 4.79 Å². The minimum atomic E-state index is -1.23. The van der Waals surface area contributed by atoms with Gasteiger partial charge in [0.2, 0.25) is 0 Å². The van der Waals surface area contributed by atoms with Gasteiger partial charge in [0, 0.05) is 38.3 Å². The van der Waals surface area contributed by atoms with Crippen LogP contribution in [0.2, 0.25) is 0 Å². The van der Waals surface area contributed by atoms with Gasteiger partial charge >= 0.3 is 6.03 Å². The summed E-state index contributed by atoms with van der Waals surface area (Å²) in [5.74, 6) is 1.51. The van der Waals surface area contributed by atoms with Crippen LogP contribution in [0.3, 0.4) is 0 Å². The number of aryl methyl sites for hydroxylation is 1. The Labute approximate surface area is 329 Å². The maximum absolute atomic E-state index is 14.9. The van der Waals surface area contributed by atoms with Crippen molar-refractivity contribution in [3.05, 3.63) is 105 Å². The summed E-state index contributed by atoms with van der Waals surface area (Å²) in [4.78, 5) is 32.9. The van der Waals surface area contributed by atoms with E-state index in [2.05, 4.69) is 37.4 Å². The highest BCUT2D eigenvalue weighted by molar-refractivity contribution is 7.14. The molecule has 55 heavy (non-hydrogen) atoms. The number of carbonyl (C=O) groups excluding carboxylic acids is 2. The molecular weight excluding hydrogens is 709 g/mol. The molecule has 9 heteroatoms. The van der Waals surface area contributed by atoms with Crippen molar-refractivity contribution in [3.8, 4) is 11.5 Å². The molecule has 3 fully saturated rings. The predicted octanol–water partition coefficient (Wildman–Crippen LogP) is 8.82. The molecular formula is C46H56N2O6S. The first-order chi connectivity index (χ1) is 26.2. The van der Waals surface area contributed by atoms with Gasteiger partial charge in [0.1, 0.15) is 11.5 Å². The number of Topliss-reactive ketones (excluding diaryl/α,β-unsaturated/α-hetero) is 1. The Balaban J connectivity index is 1.18. The fraction of sp³-hybridized carbons (Fsp3) is 0.522. The average Bonchev–Trinajstić information content (AvgIpc) is 3.74. The summed E-state index contributed by atoms with van der Waals surface area (Å²) in [7, 11) is 3.23. The first kappa shape index (κ1) is 38.0. The van der Waals surface area contributed by atoms with Crippen LogP contribution in [-0.4, -0.2) is 59.4 Å². The Morgan fingerprint density at radius 3 is 2.38 bits per heavy atom. The lowest BCUT2D eigenvalue weighted by atomic mass is 9.32. The number of hydrogen-bond acceptors (Lipinski definition) is 7. The first-order valence-corrected chi connectivity index (χ1v) is 20.8. The number of aliphatic hydroxyl groups is 2. The lowest BCUT2D eigenvalue weighted by molar-refractivity contribution is -0.174. The van der Waals surface area contributed by atoms with Gasteiger partial charge in [0.25, 0.3) is 0 Å². The van der Waals surface area contributed by atoms with E-state index in [1.165, 1.54) is 0 Å². The molecule has 9 unspecified atom stereocenters. The van der Waals surface area contributed by atoms with E-state index in [4.69, 9.17) is 9.47 Å². The highest BCUT2D eigenvalue weighted by atomic mass is 32.1. The number of aliphatic hydroxyl groups excluding tert-OH is 1. The molecule has 9 atom stereocenters. The highest BCUT2D eigenvalue weighted by Gasteiger charge is 2.74. The second kappa shape index (κ2) is 13.6. The maximum atomic E-state index is 14.9. The molecule has 0 saturated heterocycles. The maximum Gasteiger partial charge on any atom is 0.318 e. The number of amides is 2. The molecule has 0 aliphatic heterocycles. The van der Waals surface area contributed by atoms with Crippen molar-refractivity contribution >= 4 is 23.2 Å². The van der Waals surface area contributed by atoms with Crippen molar-refractivity contribution in [1.29, 1.82) is 0 Å². The van der Waals surface area contributed by atoms with Gasteiger partial charge in [-0.1, -0.05) is 62.4 Å². The third kappa shape index (κ3) is 5.73. The van der Waals surface area contributed by atoms with E-state index >= 15 is 0 Å². The monoisotopic (exact) mass is 764 g/mol. The average molecular weight is 765 g/mol. The van der Waals surface area contributed by atoms with Gasteiger partial charge in [-0.15, -0.1) is 11.3 Å². The molecule has 2 bridgehead atoms. The SMILES string of the molecule is COc1ccc(CN(CC2(O)CCC3C45C=CC6(C=C4C(=O)c4ccc(C)s4)CC(O)CCC6(C)C5CCC32C)C(=O)NC(C)c2ccccc2)c(OC)c1. The molecule has 1 aromatic heterocycles. The fourth-order valence-corrected chi connectivity index (χ4v) is 12.9. The topological polar surface area (TPSA) is 108 Å². The summed E-state index contributed by atoms with van der Waals surface area (Å²) in [6, 6.07) is 19.0. The van der Waals surface area contributed by atoms with E-state index in [1.807, 2.05) is 74.5 Å². The fourth-order valence-electron chi connectivity index (χ4n) is 12.1. The van der Waals surface area contributed by atoms with Crippen LogP contribution < -0.4 is 14.8 Å². The Hall–Kier alpha value is -3.92. The summed E-state index contributed by atoms with van der Waals surface area (Å²) in [6.07, 6.45) is 11.7. The number of benzene rings is 2. The quantitative estimate of drug-likeness (QED) is 0.141. The van der Waals surface area contributed by atoms with Gasteiger partial charge in [-0.2, -0.15) is 0 Å². The van der Waals surface area contributed by atoms with Crippen molar-refractivity contribution in [2.45, 2.75) is 96.9 Å². The van der Waals surface area contributed by atoms with Crippen LogP contribution in [0.15, 0.2) is 84.5 Å². The van der Waals surface area contributed by atoms with Crippen LogP contribution in [0.4, 0.5) is 4.79 Å². The number of rotatable bonds is 10. The smallest absolute Gasteiger partial charge is 0.318 e. The lowest BCUT2D eigenvalue weighted by Gasteiger charge is -2.71. The van der Waals surface area contributed by atoms with Crippen LogP contribution in [0.5, 0.6) is 11.5 Å². The number of allylic oxidation sites excluding steroid dienone is 4. The van der Waals surface area contributed by atoms with Crippen LogP contribution in [0.25, 0.3) is 0 Å². The lowest BCUT2D eigenvalue weighted by Crippen LogP contribution is -2.67. The summed E-state index contributed by atoms with van der Waals surface area (Å²) in [6.45, 7) is 8.99. The van der Waals surface area contributed by atoms with Gasteiger partial charge in [0.05, 0.1) is 49.9 Å². The van der Waals surface area contributed by atoms with Crippen molar-refractivity contribution in [1.82, 2.24) is 10.2 Å². The van der Waals surface area contributed by atoms with Crippen LogP contribution in [0, 0.1) is 40.4 Å². The molecule has 2 amide bonds. The summed E-state index contributed by atoms with van der Waals surface area (Å²) >= 11 is 1.54. The highest BCUT2D eigenvalue weighted by Crippen LogP contribution is 2.78. The second-order valence-electron chi connectivity index (χ2n) is 17.7. The number of ketones is 1. The largest absolute Gasteiger partial charge is 0.497 e. The van der Waals surface area contributed by atoms with Gasteiger partial charge in [-0.3, -0.25) is 4.79 Å². The normalized spacial score (nSPS) is 34.8. The number of nitrogens with one attached hydrogen (secondary N) is 1. The van der Waals surface area contributed by atoms with Crippen molar-refractivity contribution in [2.24, 2.45) is 33.5 Å². The zero-order chi connectivity index (χ0) is 39.0. The molecule has 8 nitrogen and oxygen atoms in total. The zero-order valence-electron chi connectivity index (χ0n) is 33.1. The number of hydrogen-bond donors (Lipinski definition) is 3. The summed E-state index contributed by atoms with van der Waals surface area (Å²) in [5.41, 5.74) is -0.267. The van der Waals surface area contributed by atoms with Crippen LogP contribution >= 0.6 is 11.3 Å². The third-order valence-corrected chi connectivity index (χ3v) is 16.2. The number of nitrogens with zero attached hydrogens (tertiary/aromatic N) is 1. The number of methoxy groups -OCH3 is 2. The van der Waals surface area contributed by atoms with Gasteiger partial charge in [-0.05, 0) is 106 Å². The van der Waals surface area contributed by atoms with E-state index in [0.717, 1.165) is 58.6 Å². The Morgan fingerprint density at radius 2 is 1.67 bits per heavy atom. The molecule has 3 saturated carbocycles. The third-order valence-electron chi connectivity index (χ3n) is 15.2. The number of ether oxygens (including phenoxy) is 2. The first-order valence-electron chi connectivity index (χ1n) is 20.0. The minimum absolute atomic E-state index is 0.0260. The van der Waals surface area contributed by atoms with Gasteiger partial charge < -0.3 is 29.9 Å². The molecule has 0 radical (unpaired) electrons. The molecule has 9 rings (SSSR count). The molecule has 1 heterocycles. The van der Waals surface area contributed by atoms with Gasteiger partial charge in [0.15, 0.2) is 5.78 Å². The van der Waals surface area contributed by atoms with E-state index in [9.17, 15) is 19.8 Å². The Kier molecular flexibility index (Phi) is 9.41. The summed E-state index contributed by atoms with van der Waals surface area (Å²) < 4.78 is 11.3. The second-order valence-corrected chi connectivity index (χ2v) is 19.0. The van der Waals surface area contributed by atoms with E-state index in [-0.39, 0.29) is 48.2 Å². The number of urea groups is 1. The van der Waals surface area contributed by atoms with Crippen LogP contribution in [-0.2, 0) is 6.54 Å². The Bertz CT molecular complexity index is 2040. The number of fused-ring (bicyclic) bond motifs is 1. The predicted molar refractivity (Wildman–Crippen MR) is 215 cm³/mol. The molecule has 3 N–H and O–H groups in total. The standard InChI is InChI=1S/C46H56N2O6S/c1-29-12-15-37(55-29)40(50)35-26-44-22-23-46(35)38(42(44,3)19-16-33(49)25-44)17-20-43(4)39(46)18-21-45(43,52)28-48(27-32-13-14-34(53-5)24-36(32)54-6)41(51)47-30(2)31-10-8-7-9-11-31/h7-15,22-24,26,30,33,38-39,49,52H,16-21,25,27-28H2,1-6H3,(H,47,51). The molecule has 6 aliphatic rings. The van der Waals surface area contributed by atoms with E-state index in [0.29, 0.717) is 24.3 Å². The number of carbonyl (C=O) groups is 2. The van der Waals surface area contributed by atoms with Crippen molar-refractivity contribution in [3.63, 3.8) is 0 Å². The van der Waals surface area contributed by atoms with E-state index in [1.54, 1.807) is 30.5 Å². The summed E-state index contributed by atoms with van der Waals surface area (Å²) in [5, 5.41) is 27.5. The van der Waals surface area contributed by atoms with Crippen molar-refractivity contribution < 1.29 is 29.3 Å². The molecule has 6 aliphatic carbocycles. The molecule has 2 aromatic carbocycles. The Morgan fingerprint density at radius 1 is 0.945 bits per heavy atom. The molecule has 292 valence electrons. The molecule has 3 aromatic rings. The zero-order valence-corrected chi connectivity index (χ0v) is 33.9. The number of thiophene rings is 1. The molecule has 2 spiro atoms. The van der Waals surface area contributed by atoms with Crippen LogP contribution in [0.1, 0.15) is 97.4 Å². The minimum Gasteiger partial charge on any atom is -0.497 e. The van der Waals surface area contributed by atoms with Crippen molar-refractivity contribution in [2.75, 3.05) is 20.8 Å².